The van der Waals surface area contributed by atoms with Crippen LogP contribution < -0.4 is 11.2 Å². The minimum absolute atomic E-state index is 0.101. The van der Waals surface area contributed by atoms with Crippen LogP contribution in [0.15, 0.2) is 19.9 Å². The molecule has 7 nitrogen and oxygen atoms in total. The summed E-state index contributed by atoms with van der Waals surface area (Å²) in [5.41, 5.74) is -1.22. The summed E-state index contributed by atoms with van der Waals surface area (Å²) in [4.78, 5) is 25.6. The van der Waals surface area contributed by atoms with E-state index in [1.807, 2.05) is 22.6 Å². The monoisotopic (exact) mass is 414 g/mol. The lowest BCUT2D eigenvalue weighted by Crippen LogP contribution is -2.36. The number of hydrogen-bond donors (Lipinski definition) is 3. The van der Waals surface area contributed by atoms with Gasteiger partial charge in [-0.05, 0) is 4.08 Å². The van der Waals surface area contributed by atoms with E-state index in [9.17, 15) is 14.7 Å². The van der Waals surface area contributed by atoms with Crippen LogP contribution in [0.2, 0.25) is 0 Å². The molecule has 2 rings (SSSR count). The van der Waals surface area contributed by atoms with Crippen LogP contribution in [0.3, 0.4) is 0 Å². The Kier molecular flexibility index (Phi) is 5.02. The lowest BCUT2D eigenvalue weighted by atomic mass is 10.2. The van der Waals surface area contributed by atoms with Gasteiger partial charge in [0, 0.05) is 12.6 Å². The molecule has 1 aliphatic rings. The standard InChI is InChI=1S/C11H12ClIN2O5/c12-7(2-13)6-3-15(11(19)14-9(6)18)10-8(17)1-5(4-16)20-10/h2-3,5,8,10,16-17H,1,4H2,(H,14,18,19)/b7-2+/t5-,8?,10+/m1/s1. The smallest absolute Gasteiger partial charge is 0.330 e. The number of nitrogens with one attached hydrogen (secondary N) is 1. The molecule has 1 aromatic heterocycles. The molecule has 1 unspecified atom stereocenters. The SMILES string of the molecule is O=c1[nH]c(=O)n([C@H]2O[C@@H](CO)CC2O)cc1/C(Cl)=C\I. The number of aliphatic hydroxyl groups is 2. The van der Waals surface area contributed by atoms with Gasteiger partial charge in [-0.3, -0.25) is 14.3 Å². The quantitative estimate of drug-likeness (QED) is 0.611. The second kappa shape index (κ2) is 6.39. The molecule has 1 saturated heterocycles. The van der Waals surface area contributed by atoms with Crippen LogP contribution >= 0.6 is 34.2 Å². The van der Waals surface area contributed by atoms with Crippen LogP contribution in [0.4, 0.5) is 0 Å². The summed E-state index contributed by atoms with van der Waals surface area (Å²) in [6.45, 7) is -0.257. The van der Waals surface area contributed by atoms with Crippen LogP contribution in [0.25, 0.3) is 5.03 Å². The Balaban J connectivity index is 2.47. The summed E-state index contributed by atoms with van der Waals surface area (Å²) in [7, 11) is 0. The Morgan fingerprint density at radius 1 is 1.65 bits per heavy atom. The van der Waals surface area contributed by atoms with Gasteiger partial charge in [0.15, 0.2) is 6.23 Å². The van der Waals surface area contributed by atoms with Gasteiger partial charge in [0.25, 0.3) is 5.56 Å². The molecule has 1 aliphatic heterocycles. The van der Waals surface area contributed by atoms with Crippen LogP contribution in [-0.4, -0.2) is 38.6 Å². The van der Waals surface area contributed by atoms with Gasteiger partial charge in [0.1, 0.15) is 6.10 Å². The summed E-state index contributed by atoms with van der Waals surface area (Å²) < 4.78 is 7.93. The highest BCUT2D eigenvalue weighted by Gasteiger charge is 2.35. The summed E-state index contributed by atoms with van der Waals surface area (Å²) in [6, 6.07) is 0. The van der Waals surface area contributed by atoms with Gasteiger partial charge in [-0.2, -0.15) is 0 Å². The van der Waals surface area contributed by atoms with Gasteiger partial charge >= 0.3 is 5.69 Å². The zero-order chi connectivity index (χ0) is 14.9. The fourth-order valence-corrected chi connectivity index (χ4v) is 2.47. The van der Waals surface area contributed by atoms with Crippen LogP contribution in [0.5, 0.6) is 0 Å². The highest BCUT2D eigenvalue weighted by molar-refractivity contribution is 14.1. The Morgan fingerprint density at radius 3 is 2.90 bits per heavy atom. The average molecular weight is 415 g/mol. The van der Waals surface area contributed by atoms with Gasteiger partial charge in [0.2, 0.25) is 0 Å². The van der Waals surface area contributed by atoms with Gasteiger partial charge in [-0.15, -0.1) is 0 Å². The second-order valence-electron chi connectivity index (χ2n) is 4.30. The van der Waals surface area contributed by atoms with Crippen molar-refractivity contribution in [2.24, 2.45) is 0 Å². The third-order valence-corrected chi connectivity index (χ3v) is 4.27. The molecule has 9 heteroatoms. The van der Waals surface area contributed by atoms with Gasteiger partial charge in [-0.25, -0.2) is 4.79 Å². The first kappa shape index (κ1) is 15.7. The molecule has 110 valence electrons. The lowest BCUT2D eigenvalue weighted by Gasteiger charge is -2.17. The van der Waals surface area contributed by atoms with E-state index in [0.717, 1.165) is 4.57 Å². The molecule has 0 aliphatic carbocycles. The summed E-state index contributed by atoms with van der Waals surface area (Å²) in [6.07, 6.45) is -1.02. The molecule has 2 heterocycles. The topological polar surface area (TPSA) is 105 Å². The van der Waals surface area contributed by atoms with Crippen molar-refractivity contribution in [3.05, 3.63) is 36.7 Å². The van der Waals surface area contributed by atoms with E-state index >= 15 is 0 Å². The predicted octanol–water partition coefficient (Wildman–Crippen LogP) is 0.150. The summed E-state index contributed by atoms with van der Waals surface area (Å²) >= 11 is 7.76. The lowest BCUT2D eigenvalue weighted by molar-refractivity contribution is -0.0530. The fourth-order valence-electron chi connectivity index (χ4n) is 2.00. The molecule has 1 fully saturated rings. The van der Waals surface area contributed by atoms with Crippen LogP contribution in [-0.2, 0) is 4.74 Å². The third kappa shape index (κ3) is 2.98. The number of aliphatic hydroxyl groups excluding tert-OH is 2. The van der Waals surface area contributed by atoms with Crippen LogP contribution in [0.1, 0.15) is 18.2 Å². The minimum Gasteiger partial charge on any atom is -0.394 e. The highest BCUT2D eigenvalue weighted by Crippen LogP contribution is 2.28. The minimum atomic E-state index is -0.964. The molecule has 0 saturated carbocycles. The number of hydrogen-bond acceptors (Lipinski definition) is 5. The van der Waals surface area contributed by atoms with E-state index < -0.39 is 29.7 Å². The summed E-state index contributed by atoms with van der Waals surface area (Å²) in [5.74, 6) is 0. The average Bonchev–Trinajstić information content (AvgIpc) is 2.79. The molecule has 0 spiro atoms. The number of aromatic nitrogens is 2. The second-order valence-corrected chi connectivity index (χ2v) is 5.33. The molecule has 0 radical (unpaired) electrons. The Morgan fingerprint density at radius 2 is 2.35 bits per heavy atom. The number of nitrogens with zero attached hydrogens (tertiary/aromatic N) is 1. The molecule has 3 atom stereocenters. The highest BCUT2D eigenvalue weighted by atomic mass is 127. The Hall–Kier alpha value is -0.680. The summed E-state index contributed by atoms with van der Waals surface area (Å²) in [5, 5.41) is 19.1. The normalized spacial score (nSPS) is 27.0. The van der Waals surface area contributed by atoms with Crippen molar-refractivity contribution < 1.29 is 14.9 Å². The molecular formula is C11H12ClIN2O5. The number of rotatable bonds is 3. The molecule has 0 aromatic carbocycles. The van der Waals surface area contributed by atoms with E-state index in [1.54, 1.807) is 0 Å². The van der Waals surface area contributed by atoms with Crippen LogP contribution in [0, 0.1) is 0 Å². The van der Waals surface area contributed by atoms with Crippen molar-refractivity contribution in [2.75, 3.05) is 6.61 Å². The first-order chi connectivity index (χ1) is 9.47. The molecule has 1 aromatic rings. The zero-order valence-electron chi connectivity index (χ0n) is 10.1. The van der Waals surface area contributed by atoms with Crippen molar-refractivity contribution >= 4 is 39.2 Å². The first-order valence-electron chi connectivity index (χ1n) is 5.74. The predicted molar refractivity (Wildman–Crippen MR) is 80.8 cm³/mol. The number of halogens is 2. The first-order valence-corrected chi connectivity index (χ1v) is 7.36. The van der Waals surface area contributed by atoms with E-state index in [1.165, 1.54) is 10.3 Å². The Labute approximate surface area is 132 Å². The Bertz CT molecular complexity index is 640. The van der Waals surface area contributed by atoms with E-state index in [0.29, 0.717) is 0 Å². The number of ether oxygens (including phenoxy) is 1. The van der Waals surface area contributed by atoms with Crippen molar-refractivity contribution in [1.29, 1.82) is 0 Å². The largest absolute Gasteiger partial charge is 0.394 e. The van der Waals surface area contributed by atoms with Gasteiger partial charge in [0.05, 0.1) is 23.3 Å². The molecule has 3 N–H and O–H groups in total. The van der Waals surface area contributed by atoms with Gasteiger partial charge < -0.3 is 14.9 Å². The molecule has 0 bridgehead atoms. The van der Waals surface area contributed by atoms with Crippen molar-refractivity contribution in [1.82, 2.24) is 9.55 Å². The molecular weight excluding hydrogens is 402 g/mol. The third-order valence-electron chi connectivity index (χ3n) is 2.96. The molecule has 20 heavy (non-hydrogen) atoms. The van der Waals surface area contributed by atoms with Crippen molar-refractivity contribution in [3.63, 3.8) is 0 Å². The van der Waals surface area contributed by atoms with Crippen molar-refractivity contribution in [2.45, 2.75) is 24.9 Å². The zero-order valence-corrected chi connectivity index (χ0v) is 13.0. The van der Waals surface area contributed by atoms with Gasteiger partial charge in [-0.1, -0.05) is 34.2 Å². The maximum Gasteiger partial charge on any atom is 0.330 e. The number of H-pyrrole nitrogens is 1. The fraction of sp³-hybridized carbons (Fsp3) is 0.455. The van der Waals surface area contributed by atoms with E-state index in [4.69, 9.17) is 21.4 Å². The van der Waals surface area contributed by atoms with E-state index in [-0.39, 0.29) is 23.6 Å². The maximum absolute atomic E-state index is 11.8. The molecule has 0 amide bonds. The van der Waals surface area contributed by atoms with Crippen molar-refractivity contribution in [3.8, 4) is 0 Å². The van der Waals surface area contributed by atoms with E-state index in [2.05, 4.69) is 4.98 Å². The number of aromatic amines is 1. The maximum atomic E-state index is 11.8.